The van der Waals surface area contributed by atoms with Crippen molar-refractivity contribution >= 4 is 0 Å². The molecular formula is C15H32N2O. The van der Waals surface area contributed by atoms with Gasteiger partial charge in [-0.3, -0.25) is 4.90 Å². The van der Waals surface area contributed by atoms with Gasteiger partial charge in [0.25, 0.3) is 0 Å². The number of hydrogen-bond acceptors (Lipinski definition) is 3. The second-order valence-corrected chi connectivity index (χ2v) is 5.70. The van der Waals surface area contributed by atoms with Crippen molar-refractivity contribution in [2.75, 3.05) is 26.2 Å². The zero-order valence-corrected chi connectivity index (χ0v) is 12.7. The number of hydrogen-bond donors (Lipinski definition) is 1. The van der Waals surface area contributed by atoms with Crippen LogP contribution in [-0.2, 0) is 4.74 Å². The maximum atomic E-state index is 5.73. The minimum atomic E-state index is 0.506. The average molecular weight is 256 g/mol. The van der Waals surface area contributed by atoms with Gasteiger partial charge in [-0.05, 0) is 26.2 Å². The number of rotatable bonds is 8. The molecule has 0 aromatic carbocycles. The quantitative estimate of drug-likeness (QED) is 0.722. The number of ether oxygens (including phenoxy) is 1. The predicted octanol–water partition coefficient (Wildman–Crippen LogP) is 2.65. The second-order valence-electron chi connectivity index (χ2n) is 5.70. The van der Waals surface area contributed by atoms with Crippen molar-refractivity contribution in [3.63, 3.8) is 0 Å². The Morgan fingerprint density at radius 2 is 1.89 bits per heavy atom. The lowest BCUT2D eigenvalue weighted by Gasteiger charge is -2.38. The van der Waals surface area contributed by atoms with Gasteiger partial charge in [0, 0.05) is 38.3 Å². The monoisotopic (exact) mass is 256 g/mol. The van der Waals surface area contributed by atoms with Crippen molar-refractivity contribution in [2.45, 2.75) is 71.6 Å². The number of likely N-dealkylation sites (tertiary alicyclic amines) is 1. The van der Waals surface area contributed by atoms with Crippen LogP contribution in [0, 0.1) is 0 Å². The van der Waals surface area contributed by atoms with Gasteiger partial charge in [0.1, 0.15) is 0 Å². The molecule has 0 amide bonds. The second kappa shape index (κ2) is 8.89. The molecule has 1 fully saturated rings. The molecule has 18 heavy (non-hydrogen) atoms. The third-order valence-corrected chi connectivity index (χ3v) is 3.78. The standard InChI is InChI=1S/C15H32N2O/c1-5-7-14(12-16-13(3)4)17-10-8-15(9-11-17)18-6-2/h13-16H,5-12H2,1-4H3. The van der Waals surface area contributed by atoms with Crippen LogP contribution in [0.3, 0.4) is 0 Å². The highest BCUT2D eigenvalue weighted by Crippen LogP contribution is 2.18. The van der Waals surface area contributed by atoms with Gasteiger partial charge in [0.2, 0.25) is 0 Å². The molecule has 0 saturated carbocycles. The van der Waals surface area contributed by atoms with Crippen LogP contribution in [0.2, 0.25) is 0 Å². The van der Waals surface area contributed by atoms with Gasteiger partial charge in [-0.25, -0.2) is 0 Å². The van der Waals surface area contributed by atoms with Gasteiger partial charge < -0.3 is 10.1 Å². The Hall–Kier alpha value is -0.120. The fourth-order valence-corrected chi connectivity index (χ4v) is 2.76. The Morgan fingerprint density at radius 3 is 2.39 bits per heavy atom. The first-order valence-corrected chi connectivity index (χ1v) is 7.76. The highest BCUT2D eigenvalue weighted by molar-refractivity contribution is 4.80. The first kappa shape index (κ1) is 15.9. The summed E-state index contributed by atoms with van der Waals surface area (Å²) in [5.41, 5.74) is 0. The van der Waals surface area contributed by atoms with E-state index in [0.29, 0.717) is 18.2 Å². The van der Waals surface area contributed by atoms with E-state index in [1.807, 2.05) is 0 Å². The minimum absolute atomic E-state index is 0.506. The van der Waals surface area contributed by atoms with E-state index in [2.05, 4.69) is 37.9 Å². The lowest BCUT2D eigenvalue weighted by atomic mass is 10.0. The van der Waals surface area contributed by atoms with Crippen LogP contribution in [-0.4, -0.2) is 49.3 Å². The predicted molar refractivity (Wildman–Crippen MR) is 78.1 cm³/mol. The molecule has 1 atom stereocenters. The van der Waals surface area contributed by atoms with Gasteiger partial charge in [0.05, 0.1) is 6.10 Å². The first-order valence-electron chi connectivity index (χ1n) is 7.76. The Morgan fingerprint density at radius 1 is 1.22 bits per heavy atom. The number of piperidine rings is 1. The SMILES string of the molecule is CCCC(CNC(C)C)N1CCC(OCC)CC1. The molecule has 1 unspecified atom stereocenters. The van der Waals surface area contributed by atoms with Gasteiger partial charge >= 0.3 is 0 Å². The molecule has 1 aliphatic heterocycles. The molecule has 1 rings (SSSR count). The first-order chi connectivity index (χ1) is 8.67. The summed E-state index contributed by atoms with van der Waals surface area (Å²) in [6.07, 6.45) is 5.49. The summed E-state index contributed by atoms with van der Waals surface area (Å²) in [5.74, 6) is 0. The Labute approximate surface area is 113 Å². The highest BCUT2D eigenvalue weighted by Gasteiger charge is 2.24. The van der Waals surface area contributed by atoms with Crippen LogP contribution in [0.5, 0.6) is 0 Å². The summed E-state index contributed by atoms with van der Waals surface area (Å²) in [6.45, 7) is 13.2. The molecule has 0 aliphatic carbocycles. The largest absolute Gasteiger partial charge is 0.378 e. The maximum absolute atomic E-state index is 5.73. The van der Waals surface area contributed by atoms with Crippen LogP contribution in [0.25, 0.3) is 0 Å². The average Bonchev–Trinajstić information content (AvgIpc) is 2.36. The van der Waals surface area contributed by atoms with E-state index in [4.69, 9.17) is 4.74 Å². The van der Waals surface area contributed by atoms with Gasteiger partial charge in [0.15, 0.2) is 0 Å². The molecule has 1 heterocycles. The van der Waals surface area contributed by atoms with E-state index in [1.165, 1.54) is 38.8 Å². The van der Waals surface area contributed by atoms with Crippen molar-refractivity contribution < 1.29 is 4.74 Å². The topological polar surface area (TPSA) is 24.5 Å². The van der Waals surface area contributed by atoms with Crippen LogP contribution in [0.4, 0.5) is 0 Å². The van der Waals surface area contributed by atoms with Gasteiger partial charge in [-0.1, -0.05) is 27.2 Å². The summed E-state index contributed by atoms with van der Waals surface area (Å²) in [7, 11) is 0. The molecule has 0 spiro atoms. The lowest BCUT2D eigenvalue weighted by molar-refractivity contribution is 0.00280. The fourth-order valence-electron chi connectivity index (χ4n) is 2.76. The molecular weight excluding hydrogens is 224 g/mol. The van der Waals surface area contributed by atoms with Crippen LogP contribution in [0.1, 0.15) is 53.4 Å². The van der Waals surface area contributed by atoms with Gasteiger partial charge in [-0.2, -0.15) is 0 Å². The summed E-state index contributed by atoms with van der Waals surface area (Å²) in [4.78, 5) is 2.66. The van der Waals surface area contributed by atoms with E-state index in [1.54, 1.807) is 0 Å². The fraction of sp³-hybridized carbons (Fsp3) is 1.00. The highest BCUT2D eigenvalue weighted by atomic mass is 16.5. The Bertz CT molecular complexity index is 201. The molecule has 0 aromatic rings. The molecule has 0 radical (unpaired) electrons. The minimum Gasteiger partial charge on any atom is -0.378 e. The third kappa shape index (κ3) is 5.68. The smallest absolute Gasteiger partial charge is 0.0599 e. The molecule has 0 aromatic heterocycles. The van der Waals surface area contributed by atoms with Crippen molar-refractivity contribution in [1.29, 1.82) is 0 Å². The van der Waals surface area contributed by atoms with Crippen molar-refractivity contribution in [3.05, 3.63) is 0 Å². The Kier molecular flexibility index (Phi) is 7.87. The molecule has 1 saturated heterocycles. The van der Waals surface area contributed by atoms with Gasteiger partial charge in [-0.15, -0.1) is 0 Å². The van der Waals surface area contributed by atoms with E-state index in [0.717, 1.165) is 13.2 Å². The summed E-state index contributed by atoms with van der Waals surface area (Å²) < 4.78 is 5.73. The number of nitrogens with one attached hydrogen (secondary N) is 1. The van der Waals surface area contributed by atoms with Crippen LogP contribution < -0.4 is 5.32 Å². The van der Waals surface area contributed by atoms with Crippen molar-refractivity contribution in [3.8, 4) is 0 Å². The van der Waals surface area contributed by atoms with Crippen LogP contribution >= 0.6 is 0 Å². The molecule has 3 nitrogen and oxygen atoms in total. The zero-order chi connectivity index (χ0) is 13.4. The Balaban J connectivity index is 2.34. The van der Waals surface area contributed by atoms with Crippen LogP contribution in [0.15, 0.2) is 0 Å². The molecule has 3 heteroatoms. The summed E-state index contributed by atoms with van der Waals surface area (Å²) in [6, 6.07) is 1.30. The maximum Gasteiger partial charge on any atom is 0.0599 e. The van der Waals surface area contributed by atoms with E-state index in [-0.39, 0.29) is 0 Å². The van der Waals surface area contributed by atoms with E-state index >= 15 is 0 Å². The lowest BCUT2D eigenvalue weighted by Crippen LogP contribution is -2.48. The summed E-state index contributed by atoms with van der Waals surface area (Å²) >= 11 is 0. The van der Waals surface area contributed by atoms with Crippen molar-refractivity contribution in [2.24, 2.45) is 0 Å². The van der Waals surface area contributed by atoms with E-state index < -0.39 is 0 Å². The number of nitrogens with zero attached hydrogens (tertiary/aromatic N) is 1. The molecule has 0 bridgehead atoms. The molecule has 1 N–H and O–H groups in total. The zero-order valence-electron chi connectivity index (χ0n) is 12.7. The molecule has 1 aliphatic rings. The van der Waals surface area contributed by atoms with E-state index in [9.17, 15) is 0 Å². The third-order valence-electron chi connectivity index (χ3n) is 3.78. The van der Waals surface area contributed by atoms with Crippen molar-refractivity contribution in [1.82, 2.24) is 10.2 Å². The molecule has 108 valence electrons. The summed E-state index contributed by atoms with van der Waals surface area (Å²) in [5, 5.41) is 3.59. The normalized spacial score (nSPS) is 20.5.